The molecule has 0 saturated carbocycles. The van der Waals surface area contributed by atoms with E-state index in [1.165, 1.54) is 6.20 Å². The lowest BCUT2D eigenvalue weighted by molar-refractivity contribution is 0.211. The SMILES string of the molecule is CC1(N)CCN(c2cc(OC(N)=O)c3c(-c4ccnc(Cl)c4Cl)[nH]nc3n2)CC1. The maximum atomic E-state index is 11.5. The van der Waals surface area contributed by atoms with E-state index >= 15 is 0 Å². The van der Waals surface area contributed by atoms with Crippen molar-refractivity contribution in [2.45, 2.75) is 25.3 Å². The first-order chi connectivity index (χ1) is 13.7. The van der Waals surface area contributed by atoms with E-state index in [-0.39, 0.29) is 21.5 Å². The quantitative estimate of drug-likeness (QED) is 0.537. The van der Waals surface area contributed by atoms with Crippen molar-refractivity contribution in [1.29, 1.82) is 0 Å². The van der Waals surface area contributed by atoms with Crippen LogP contribution in [-0.4, -0.2) is 44.9 Å². The zero-order chi connectivity index (χ0) is 20.8. The summed E-state index contributed by atoms with van der Waals surface area (Å²) in [5.74, 6) is 0.854. The van der Waals surface area contributed by atoms with Crippen LogP contribution in [0.5, 0.6) is 5.75 Å². The van der Waals surface area contributed by atoms with Crippen LogP contribution < -0.4 is 21.1 Å². The van der Waals surface area contributed by atoms with Gasteiger partial charge in [-0.1, -0.05) is 23.2 Å². The van der Waals surface area contributed by atoms with Crippen LogP contribution in [0.25, 0.3) is 22.3 Å². The molecule has 0 aliphatic carbocycles. The van der Waals surface area contributed by atoms with E-state index in [1.54, 1.807) is 12.1 Å². The van der Waals surface area contributed by atoms with Crippen molar-refractivity contribution in [1.82, 2.24) is 20.2 Å². The molecule has 1 aliphatic rings. The van der Waals surface area contributed by atoms with Gasteiger partial charge in [-0.25, -0.2) is 14.8 Å². The number of carbonyl (C=O) groups excluding carboxylic acids is 1. The molecule has 29 heavy (non-hydrogen) atoms. The van der Waals surface area contributed by atoms with Crippen molar-refractivity contribution >= 4 is 46.1 Å². The number of pyridine rings is 2. The molecule has 0 bridgehead atoms. The highest BCUT2D eigenvalue weighted by Gasteiger charge is 2.28. The van der Waals surface area contributed by atoms with Crippen molar-refractivity contribution in [3.05, 3.63) is 28.5 Å². The Kier molecular flexibility index (Phi) is 4.97. The van der Waals surface area contributed by atoms with Gasteiger partial charge in [-0.2, -0.15) is 5.10 Å². The Labute approximate surface area is 176 Å². The van der Waals surface area contributed by atoms with Crippen LogP contribution in [0.1, 0.15) is 19.8 Å². The number of piperidine rings is 1. The second kappa shape index (κ2) is 7.33. The summed E-state index contributed by atoms with van der Waals surface area (Å²) in [6.45, 7) is 3.49. The van der Waals surface area contributed by atoms with Gasteiger partial charge in [-0.3, -0.25) is 5.10 Å². The number of hydrogen-bond donors (Lipinski definition) is 3. The topological polar surface area (TPSA) is 136 Å². The average molecular weight is 436 g/mol. The van der Waals surface area contributed by atoms with Crippen LogP contribution in [0.4, 0.5) is 10.6 Å². The van der Waals surface area contributed by atoms with Crippen LogP contribution in [0.2, 0.25) is 10.2 Å². The lowest BCUT2D eigenvalue weighted by Gasteiger charge is -2.37. The van der Waals surface area contributed by atoms with Crippen LogP contribution in [0.3, 0.4) is 0 Å². The predicted octanol–water partition coefficient (Wildman–Crippen LogP) is 3.10. The Bertz CT molecular complexity index is 1090. The molecule has 9 nitrogen and oxygen atoms in total. The number of aromatic amines is 1. The van der Waals surface area contributed by atoms with E-state index in [2.05, 4.69) is 25.1 Å². The molecule has 5 N–H and O–H groups in total. The largest absolute Gasteiger partial charge is 0.409 e. The number of hydrogen-bond acceptors (Lipinski definition) is 7. The highest BCUT2D eigenvalue weighted by Crippen LogP contribution is 2.39. The zero-order valence-electron chi connectivity index (χ0n) is 15.6. The van der Waals surface area contributed by atoms with Crippen LogP contribution >= 0.6 is 23.2 Å². The molecule has 3 aromatic rings. The molecule has 0 atom stereocenters. The second-order valence-electron chi connectivity index (χ2n) is 7.30. The monoisotopic (exact) mass is 435 g/mol. The first kappa shape index (κ1) is 19.7. The number of amides is 1. The van der Waals surface area contributed by atoms with Gasteiger partial charge in [0, 0.05) is 36.5 Å². The summed E-state index contributed by atoms with van der Waals surface area (Å²) in [6, 6.07) is 3.35. The van der Waals surface area contributed by atoms with Crippen molar-refractivity contribution < 1.29 is 9.53 Å². The predicted molar refractivity (Wildman–Crippen MR) is 111 cm³/mol. The first-order valence-corrected chi connectivity index (χ1v) is 9.71. The van der Waals surface area contributed by atoms with Crippen LogP contribution in [0, 0.1) is 0 Å². The molecule has 4 rings (SSSR count). The minimum absolute atomic E-state index is 0.145. The number of nitrogens with one attached hydrogen (secondary N) is 1. The normalized spacial score (nSPS) is 16.2. The van der Waals surface area contributed by atoms with Crippen molar-refractivity contribution in [2.75, 3.05) is 18.0 Å². The van der Waals surface area contributed by atoms with E-state index in [9.17, 15) is 4.79 Å². The lowest BCUT2D eigenvalue weighted by atomic mass is 9.91. The van der Waals surface area contributed by atoms with Crippen LogP contribution in [-0.2, 0) is 0 Å². The number of nitrogens with zero attached hydrogens (tertiary/aromatic N) is 4. The molecular formula is C18H19Cl2N7O2. The molecule has 1 aliphatic heterocycles. The summed E-state index contributed by atoms with van der Waals surface area (Å²) >= 11 is 12.3. The fourth-order valence-corrected chi connectivity index (χ4v) is 3.75. The lowest BCUT2D eigenvalue weighted by Crippen LogP contribution is -2.48. The third kappa shape index (κ3) is 3.81. The molecule has 152 valence electrons. The molecule has 0 aromatic carbocycles. The summed E-state index contributed by atoms with van der Waals surface area (Å²) < 4.78 is 5.29. The maximum absolute atomic E-state index is 11.5. The Morgan fingerprint density at radius 1 is 1.34 bits per heavy atom. The van der Waals surface area contributed by atoms with Gasteiger partial charge < -0.3 is 21.1 Å². The number of primary amides is 1. The second-order valence-corrected chi connectivity index (χ2v) is 8.04. The van der Waals surface area contributed by atoms with Crippen LogP contribution in [0.15, 0.2) is 18.3 Å². The van der Waals surface area contributed by atoms with Gasteiger partial charge in [0.05, 0.1) is 16.1 Å². The fourth-order valence-electron chi connectivity index (χ4n) is 3.38. The summed E-state index contributed by atoms with van der Waals surface area (Å²) in [7, 11) is 0. The Balaban J connectivity index is 1.83. The molecule has 4 heterocycles. The molecule has 0 spiro atoms. The third-order valence-corrected chi connectivity index (χ3v) is 5.80. The Morgan fingerprint density at radius 3 is 2.76 bits per heavy atom. The number of aromatic nitrogens is 4. The minimum atomic E-state index is -0.942. The molecular weight excluding hydrogens is 417 g/mol. The van der Waals surface area contributed by atoms with Gasteiger partial charge >= 0.3 is 6.09 Å². The van der Waals surface area contributed by atoms with E-state index in [4.69, 9.17) is 39.4 Å². The number of nitrogens with two attached hydrogens (primary N) is 2. The Hall–Kier alpha value is -2.62. The zero-order valence-corrected chi connectivity index (χ0v) is 17.1. The molecule has 1 amide bonds. The number of H-pyrrole nitrogens is 1. The fraction of sp³-hybridized carbons (Fsp3) is 0.333. The van der Waals surface area contributed by atoms with Crippen molar-refractivity contribution in [3.63, 3.8) is 0 Å². The number of rotatable bonds is 3. The third-order valence-electron chi connectivity index (χ3n) is 5.03. The molecule has 3 aromatic heterocycles. The molecule has 1 saturated heterocycles. The summed E-state index contributed by atoms with van der Waals surface area (Å²) in [6.07, 6.45) is 2.21. The smallest absolute Gasteiger partial charge is 0.409 e. The highest BCUT2D eigenvalue weighted by atomic mass is 35.5. The molecule has 11 heteroatoms. The van der Waals surface area contributed by atoms with Crippen molar-refractivity contribution in [3.8, 4) is 17.0 Å². The average Bonchev–Trinajstić information content (AvgIpc) is 3.07. The maximum Gasteiger partial charge on any atom is 0.409 e. The molecule has 0 unspecified atom stereocenters. The number of halogens is 2. The van der Waals surface area contributed by atoms with E-state index in [0.29, 0.717) is 28.1 Å². The number of carbonyl (C=O) groups is 1. The van der Waals surface area contributed by atoms with E-state index in [0.717, 1.165) is 25.9 Å². The van der Waals surface area contributed by atoms with E-state index in [1.807, 2.05) is 6.92 Å². The molecule has 1 fully saturated rings. The van der Waals surface area contributed by atoms with Gasteiger partial charge in [-0.05, 0) is 25.8 Å². The summed E-state index contributed by atoms with van der Waals surface area (Å²) in [5.41, 5.74) is 12.7. The minimum Gasteiger partial charge on any atom is -0.409 e. The standard InChI is InChI=1S/C18H19Cl2N7O2/c1-18(22)3-6-27(7-4-18)11-8-10(29-17(21)28)12-14(25-26-16(12)24-11)9-2-5-23-15(20)13(9)19/h2,5,8H,3-4,6-7,22H2,1H3,(H2,21,28)(H,24,25,26). The van der Waals surface area contributed by atoms with E-state index < -0.39 is 6.09 Å². The number of anilines is 1. The Morgan fingerprint density at radius 2 is 2.07 bits per heavy atom. The summed E-state index contributed by atoms with van der Waals surface area (Å²) in [4.78, 5) is 22.2. The summed E-state index contributed by atoms with van der Waals surface area (Å²) in [5, 5.41) is 8.03. The van der Waals surface area contributed by atoms with Gasteiger partial charge in [-0.15, -0.1) is 0 Å². The van der Waals surface area contributed by atoms with Gasteiger partial charge in [0.1, 0.15) is 16.7 Å². The first-order valence-electron chi connectivity index (χ1n) is 8.96. The van der Waals surface area contributed by atoms with Crippen molar-refractivity contribution in [2.24, 2.45) is 11.5 Å². The van der Waals surface area contributed by atoms with Gasteiger partial charge in [0.15, 0.2) is 5.65 Å². The molecule has 0 radical (unpaired) electrons. The highest BCUT2D eigenvalue weighted by molar-refractivity contribution is 6.43. The number of ether oxygens (including phenoxy) is 1. The van der Waals surface area contributed by atoms with Gasteiger partial charge in [0.2, 0.25) is 0 Å². The van der Waals surface area contributed by atoms with Gasteiger partial charge in [0.25, 0.3) is 0 Å². The number of fused-ring (bicyclic) bond motifs is 1.